The van der Waals surface area contributed by atoms with Crippen LogP contribution in [0.15, 0.2) is 76.3 Å². The van der Waals surface area contributed by atoms with E-state index in [9.17, 15) is 9.59 Å². The van der Waals surface area contributed by atoms with Crippen LogP contribution in [0.1, 0.15) is 0 Å². The predicted molar refractivity (Wildman–Crippen MR) is 113 cm³/mol. The minimum Gasteiger partial charge on any atom is -0.399 e. The highest BCUT2D eigenvalue weighted by atomic mass is 16.1. The number of nitrogens with zero attached hydrogens (tertiary/aromatic N) is 2. The molecule has 0 aliphatic rings. The Balaban J connectivity index is 2.01. The Morgan fingerprint density at radius 3 is 2.39 bits per heavy atom. The van der Waals surface area contributed by atoms with E-state index in [-0.39, 0.29) is 11.0 Å². The van der Waals surface area contributed by atoms with E-state index in [1.807, 2.05) is 48.5 Å². The Hall–Kier alpha value is -3.99. The third-order valence-electron chi connectivity index (χ3n) is 5.45. The molecule has 0 aliphatic carbocycles. The van der Waals surface area contributed by atoms with Crippen molar-refractivity contribution >= 4 is 54.7 Å². The van der Waals surface area contributed by atoms with Gasteiger partial charge in [-0.1, -0.05) is 36.4 Å². The van der Waals surface area contributed by atoms with Gasteiger partial charge in [-0.15, -0.1) is 0 Å². The molecule has 28 heavy (non-hydrogen) atoms. The SMILES string of the molecule is Nc1ccc2nc3cc4c5ccccc5c(=O)c5cccc(c54)n3c(=O)c2c1. The van der Waals surface area contributed by atoms with Crippen LogP contribution in [0.3, 0.4) is 0 Å². The van der Waals surface area contributed by atoms with Crippen molar-refractivity contribution in [3.8, 4) is 0 Å². The summed E-state index contributed by atoms with van der Waals surface area (Å²) in [6, 6.07) is 20.1. The first-order valence-electron chi connectivity index (χ1n) is 8.95. The topological polar surface area (TPSA) is 77.5 Å². The van der Waals surface area contributed by atoms with Gasteiger partial charge in [0.05, 0.1) is 16.4 Å². The van der Waals surface area contributed by atoms with E-state index in [1.165, 1.54) is 0 Å². The number of hydrogen-bond acceptors (Lipinski definition) is 4. The van der Waals surface area contributed by atoms with Gasteiger partial charge >= 0.3 is 0 Å². The number of benzene rings is 4. The lowest BCUT2D eigenvalue weighted by Gasteiger charge is -2.13. The van der Waals surface area contributed by atoms with Crippen LogP contribution >= 0.6 is 0 Å². The van der Waals surface area contributed by atoms with E-state index in [4.69, 9.17) is 10.7 Å². The zero-order chi connectivity index (χ0) is 19.0. The molecule has 2 N–H and O–H groups in total. The summed E-state index contributed by atoms with van der Waals surface area (Å²) < 4.78 is 1.57. The maximum Gasteiger partial charge on any atom is 0.266 e. The molecule has 0 amide bonds. The molecule has 4 aromatic carbocycles. The molecule has 6 aromatic rings. The first kappa shape index (κ1) is 15.1. The smallest absolute Gasteiger partial charge is 0.266 e. The largest absolute Gasteiger partial charge is 0.399 e. The lowest BCUT2D eigenvalue weighted by molar-refractivity contribution is 1.13. The minimum absolute atomic E-state index is 0.0286. The van der Waals surface area contributed by atoms with E-state index in [1.54, 1.807) is 22.6 Å². The number of aromatic nitrogens is 2. The number of fused-ring (bicyclic) bond motifs is 5. The molecular weight excluding hydrogens is 350 g/mol. The van der Waals surface area contributed by atoms with Crippen molar-refractivity contribution in [3.63, 3.8) is 0 Å². The van der Waals surface area contributed by atoms with Crippen molar-refractivity contribution in [2.75, 3.05) is 5.73 Å². The maximum absolute atomic E-state index is 13.3. The third-order valence-corrected chi connectivity index (χ3v) is 5.45. The average Bonchev–Trinajstić information content (AvgIpc) is 2.72. The third kappa shape index (κ3) is 1.77. The van der Waals surface area contributed by atoms with Crippen molar-refractivity contribution in [2.24, 2.45) is 0 Å². The maximum atomic E-state index is 13.3. The Labute approximate surface area is 157 Å². The van der Waals surface area contributed by atoms with E-state index in [0.29, 0.717) is 38.5 Å². The highest BCUT2D eigenvalue weighted by Crippen LogP contribution is 2.31. The van der Waals surface area contributed by atoms with E-state index >= 15 is 0 Å². The molecule has 0 spiro atoms. The van der Waals surface area contributed by atoms with Crippen LogP contribution in [0.4, 0.5) is 5.69 Å². The zero-order valence-electron chi connectivity index (χ0n) is 14.6. The van der Waals surface area contributed by atoms with Crippen molar-refractivity contribution in [1.82, 2.24) is 9.38 Å². The van der Waals surface area contributed by atoms with Gasteiger partial charge in [0.1, 0.15) is 5.65 Å². The van der Waals surface area contributed by atoms with Crippen molar-refractivity contribution in [2.45, 2.75) is 0 Å². The summed E-state index contributed by atoms with van der Waals surface area (Å²) in [5, 5.41) is 4.30. The number of nitrogens with two attached hydrogens (primary N) is 1. The molecule has 5 heteroatoms. The molecule has 0 saturated heterocycles. The van der Waals surface area contributed by atoms with Crippen molar-refractivity contribution in [1.29, 1.82) is 0 Å². The lowest BCUT2D eigenvalue weighted by atomic mass is 9.97. The van der Waals surface area contributed by atoms with Crippen LogP contribution in [-0.4, -0.2) is 9.38 Å². The minimum atomic E-state index is -0.192. The van der Waals surface area contributed by atoms with E-state index < -0.39 is 0 Å². The van der Waals surface area contributed by atoms with Crippen LogP contribution in [0.5, 0.6) is 0 Å². The van der Waals surface area contributed by atoms with Gasteiger partial charge in [-0.2, -0.15) is 0 Å². The first-order valence-corrected chi connectivity index (χ1v) is 8.95. The van der Waals surface area contributed by atoms with Gasteiger partial charge in [0.2, 0.25) is 0 Å². The van der Waals surface area contributed by atoms with E-state index in [0.717, 1.165) is 16.2 Å². The fourth-order valence-corrected chi connectivity index (χ4v) is 4.22. The highest BCUT2D eigenvalue weighted by Gasteiger charge is 2.16. The molecule has 132 valence electrons. The molecule has 6 rings (SSSR count). The second kappa shape index (κ2) is 5.04. The van der Waals surface area contributed by atoms with Crippen molar-refractivity contribution in [3.05, 3.63) is 87.3 Å². The molecule has 0 radical (unpaired) electrons. The summed E-state index contributed by atoms with van der Waals surface area (Å²) in [5.74, 6) is 0. The van der Waals surface area contributed by atoms with Crippen LogP contribution in [0.25, 0.3) is 49.0 Å². The van der Waals surface area contributed by atoms with Gasteiger partial charge in [-0.05, 0) is 41.1 Å². The van der Waals surface area contributed by atoms with Crippen molar-refractivity contribution < 1.29 is 0 Å². The van der Waals surface area contributed by atoms with Gasteiger partial charge in [0.15, 0.2) is 5.43 Å². The Bertz CT molecular complexity index is 1720. The Morgan fingerprint density at radius 1 is 0.750 bits per heavy atom. The predicted octanol–water partition coefficient (Wildman–Crippen LogP) is 3.69. The van der Waals surface area contributed by atoms with Gasteiger partial charge in [0.25, 0.3) is 5.56 Å². The number of anilines is 1. The van der Waals surface area contributed by atoms with Gasteiger partial charge in [-0.3, -0.25) is 14.0 Å². The highest BCUT2D eigenvalue weighted by molar-refractivity contribution is 6.21. The fourth-order valence-electron chi connectivity index (χ4n) is 4.22. The lowest BCUT2D eigenvalue weighted by Crippen LogP contribution is -2.17. The first-order chi connectivity index (χ1) is 13.6. The molecular formula is C23H13N3O2. The molecule has 2 heterocycles. The molecule has 0 aliphatic heterocycles. The quantitative estimate of drug-likeness (QED) is 0.254. The van der Waals surface area contributed by atoms with Gasteiger partial charge < -0.3 is 5.73 Å². The average molecular weight is 363 g/mol. The molecule has 5 nitrogen and oxygen atoms in total. The molecule has 0 unspecified atom stereocenters. The number of pyridine rings is 1. The van der Waals surface area contributed by atoms with Crippen LogP contribution in [0, 0.1) is 0 Å². The van der Waals surface area contributed by atoms with E-state index in [2.05, 4.69) is 0 Å². The van der Waals surface area contributed by atoms with Crippen LogP contribution in [-0.2, 0) is 0 Å². The fraction of sp³-hybridized carbons (Fsp3) is 0. The monoisotopic (exact) mass is 363 g/mol. The summed E-state index contributed by atoms with van der Waals surface area (Å²) >= 11 is 0. The second-order valence-corrected chi connectivity index (χ2v) is 7.02. The van der Waals surface area contributed by atoms with Gasteiger partial charge in [0, 0.05) is 21.8 Å². The zero-order valence-corrected chi connectivity index (χ0v) is 14.6. The summed E-state index contributed by atoms with van der Waals surface area (Å²) in [7, 11) is 0. The molecule has 0 saturated carbocycles. The molecule has 0 atom stereocenters. The number of hydrogen-bond donors (Lipinski definition) is 1. The van der Waals surface area contributed by atoms with Gasteiger partial charge in [-0.25, -0.2) is 4.98 Å². The number of nitrogen functional groups attached to an aromatic ring is 1. The number of rotatable bonds is 0. The normalized spacial score (nSPS) is 12.0. The molecule has 0 fully saturated rings. The summed E-state index contributed by atoms with van der Waals surface area (Å²) in [6.45, 7) is 0. The summed E-state index contributed by atoms with van der Waals surface area (Å²) in [6.07, 6.45) is 0. The second-order valence-electron chi connectivity index (χ2n) is 7.02. The molecule has 2 aromatic heterocycles. The Morgan fingerprint density at radius 2 is 1.54 bits per heavy atom. The Kier molecular flexibility index (Phi) is 2.72. The standard InChI is InChI=1S/C23H13N3O2/c24-12-8-9-18-17(10-12)23(28)26-19-7-3-6-15-21(19)16(11-20(26)25-18)13-4-1-2-5-14(13)22(15)27/h1-11H,24H2. The summed E-state index contributed by atoms with van der Waals surface area (Å²) in [4.78, 5) is 31.1. The van der Waals surface area contributed by atoms with Crippen LogP contribution < -0.4 is 16.7 Å². The molecule has 0 bridgehead atoms. The van der Waals surface area contributed by atoms with Crippen LogP contribution in [0.2, 0.25) is 0 Å². The summed E-state index contributed by atoms with van der Waals surface area (Å²) in [5.41, 5.74) is 7.99.